The van der Waals surface area contributed by atoms with Crippen molar-refractivity contribution in [1.29, 1.82) is 0 Å². The Morgan fingerprint density at radius 1 is 1.50 bits per heavy atom. The number of halogens is 1. The minimum atomic E-state index is -1.51. The molecule has 1 aromatic carbocycles. The first kappa shape index (κ1) is 18.4. The molecule has 1 N–H and O–H groups in total. The lowest BCUT2D eigenvalue weighted by molar-refractivity contribution is 0.0847. The van der Waals surface area contributed by atoms with E-state index < -0.39 is 16.6 Å². The molecule has 0 radical (unpaired) electrons. The standard InChI is InChI=1S/C17H21FN2O3S/c1-2-10-20(13-14-6-5-11-23-14)17(21)19-9-12-24(22)16-8-4-3-7-15(16)18/h1,3-4,7-8,14H,5-6,9-13H2,(H,19,21). The van der Waals surface area contributed by atoms with Gasteiger partial charge in [0.2, 0.25) is 0 Å². The van der Waals surface area contributed by atoms with E-state index in [1.165, 1.54) is 17.0 Å². The lowest BCUT2D eigenvalue weighted by Crippen LogP contribution is -2.44. The van der Waals surface area contributed by atoms with Crippen molar-refractivity contribution >= 4 is 16.8 Å². The summed E-state index contributed by atoms with van der Waals surface area (Å²) in [4.78, 5) is 13.8. The number of hydrogen-bond donors (Lipinski definition) is 1. The number of rotatable bonds is 7. The average Bonchev–Trinajstić information content (AvgIpc) is 3.07. The molecule has 1 heterocycles. The summed E-state index contributed by atoms with van der Waals surface area (Å²) in [5.41, 5.74) is 0. The summed E-state index contributed by atoms with van der Waals surface area (Å²) in [6.45, 7) is 1.50. The van der Waals surface area contributed by atoms with E-state index in [2.05, 4.69) is 11.2 Å². The van der Waals surface area contributed by atoms with Crippen LogP contribution in [0.1, 0.15) is 12.8 Å². The third-order valence-corrected chi connectivity index (χ3v) is 5.06. The van der Waals surface area contributed by atoms with Crippen molar-refractivity contribution in [2.24, 2.45) is 0 Å². The van der Waals surface area contributed by atoms with Crippen LogP contribution in [0.25, 0.3) is 0 Å². The number of carbonyl (C=O) groups is 1. The van der Waals surface area contributed by atoms with Crippen LogP contribution >= 0.6 is 0 Å². The monoisotopic (exact) mass is 352 g/mol. The fraction of sp³-hybridized carbons (Fsp3) is 0.471. The number of benzene rings is 1. The number of nitrogens with one attached hydrogen (secondary N) is 1. The van der Waals surface area contributed by atoms with E-state index in [9.17, 15) is 13.4 Å². The van der Waals surface area contributed by atoms with Gasteiger partial charge in [-0.2, -0.15) is 0 Å². The van der Waals surface area contributed by atoms with Crippen molar-refractivity contribution < 1.29 is 18.1 Å². The van der Waals surface area contributed by atoms with Crippen molar-refractivity contribution in [1.82, 2.24) is 10.2 Å². The Kier molecular flexibility index (Phi) is 7.22. The first-order valence-corrected chi connectivity index (χ1v) is 9.14. The van der Waals surface area contributed by atoms with Gasteiger partial charge in [0.1, 0.15) is 5.82 Å². The molecule has 1 aliphatic rings. The Morgan fingerprint density at radius 3 is 2.96 bits per heavy atom. The van der Waals surface area contributed by atoms with Crippen LogP contribution in [0.3, 0.4) is 0 Å². The summed E-state index contributed by atoms with van der Waals surface area (Å²) in [6, 6.07) is 5.59. The molecular formula is C17H21FN2O3S. The highest BCUT2D eigenvalue weighted by Crippen LogP contribution is 2.13. The Morgan fingerprint density at radius 2 is 2.29 bits per heavy atom. The first-order chi connectivity index (χ1) is 11.6. The number of ether oxygens (including phenoxy) is 1. The third-order valence-electron chi connectivity index (χ3n) is 3.66. The SMILES string of the molecule is C#CCN(CC1CCCO1)C(=O)NCCS(=O)c1ccccc1F. The molecule has 1 fully saturated rings. The number of urea groups is 1. The molecule has 24 heavy (non-hydrogen) atoms. The largest absolute Gasteiger partial charge is 0.376 e. The Bertz CT molecular complexity index is 627. The maximum absolute atomic E-state index is 13.6. The van der Waals surface area contributed by atoms with Crippen LogP contribution in [-0.4, -0.2) is 53.2 Å². The molecule has 1 aliphatic heterocycles. The maximum atomic E-state index is 13.6. The third kappa shape index (κ3) is 5.32. The summed E-state index contributed by atoms with van der Waals surface area (Å²) in [5, 5.41) is 2.68. The van der Waals surface area contributed by atoms with Gasteiger partial charge in [-0.15, -0.1) is 6.42 Å². The van der Waals surface area contributed by atoms with E-state index in [4.69, 9.17) is 11.2 Å². The van der Waals surface area contributed by atoms with Gasteiger partial charge in [0.05, 0.1) is 28.3 Å². The van der Waals surface area contributed by atoms with E-state index in [0.29, 0.717) is 13.2 Å². The van der Waals surface area contributed by atoms with Crippen LogP contribution < -0.4 is 5.32 Å². The summed E-state index contributed by atoms with van der Waals surface area (Å²) in [6.07, 6.45) is 7.21. The molecule has 0 spiro atoms. The van der Waals surface area contributed by atoms with Crippen LogP contribution in [0.15, 0.2) is 29.2 Å². The van der Waals surface area contributed by atoms with Gasteiger partial charge < -0.3 is 15.0 Å². The van der Waals surface area contributed by atoms with Crippen LogP contribution in [0.5, 0.6) is 0 Å². The topological polar surface area (TPSA) is 58.6 Å². The van der Waals surface area contributed by atoms with Gasteiger partial charge in [-0.25, -0.2) is 9.18 Å². The minimum Gasteiger partial charge on any atom is -0.376 e. The summed E-state index contributed by atoms with van der Waals surface area (Å²) in [7, 11) is -1.51. The second kappa shape index (κ2) is 9.40. The molecule has 5 nitrogen and oxygen atoms in total. The molecule has 2 unspecified atom stereocenters. The van der Waals surface area contributed by atoms with E-state index >= 15 is 0 Å². The Labute approximate surface area is 144 Å². The highest BCUT2D eigenvalue weighted by Gasteiger charge is 2.22. The van der Waals surface area contributed by atoms with Gasteiger partial charge in [-0.3, -0.25) is 4.21 Å². The minimum absolute atomic E-state index is 0.0108. The summed E-state index contributed by atoms with van der Waals surface area (Å²) >= 11 is 0. The fourth-order valence-corrected chi connectivity index (χ4v) is 3.49. The highest BCUT2D eigenvalue weighted by atomic mass is 32.2. The van der Waals surface area contributed by atoms with Crippen molar-refractivity contribution in [3.8, 4) is 12.3 Å². The molecule has 130 valence electrons. The molecule has 2 atom stereocenters. The molecular weight excluding hydrogens is 331 g/mol. The number of carbonyl (C=O) groups excluding carboxylic acids is 1. The van der Waals surface area contributed by atoms with E-state index in [0.717, 1.165) is 12.8 Å². The smallest absolute Gasteiger partial charge is 0.318 e. The van der Waals surface area contributed by atoms with Gasteiger partial charge in [-0.1, -0.05) is 18.1 Å². The number of hydrogen-bond acceptors (Lipinski definition) is 3. The maximum Gasteiger partial charge on any atom is 0.318 e. The number of nitrogens with zero attached hydrogens (tertiary/aromatic N) is 1. The molecule has 7 heteroatoms. The zero-order chi connectivity index (χ0) is 17.4. The molecule has 0 aromatic heterocycles. The van der Waals surface area contributed by atoms with Gasteiger partial charge in [0.25, 0.3) is 0 Å². The van der Waals surface area contributed by atoms with Gasteiger partial charge in [-0.05, 0) is 25.0 Å². The number of terminal acetylenes is 1. The van der Waals surface area contributed by atoms with Crippen molar-refractivity contribution in [2.45, 2.75) is 23.8 Å². The molecule has 0 bridgehead atoms. The van der Waals surface area contributed by atoms with Crippen LogP contribution in [0.4, 0.5) is 9.18 Å². The van der Waals surface area contributed by atoms with E-state index in [1.807, 2.05) is 0 Å². The second-order valence-corrected chi connectivity index (χ2v) is 6.97. The highest BCUT2D eigenvalue weighted by molar-refractivity contribution is 7.85. The van der Waals surface area contributed by atoms with Gasteiger partial charge in [0, 0.05) is 25.4 Å². The molecule has 0 aliphatic carbocycles. The Balaban J connectivity index is 1.81. The summed E-state index contributed by atoms with van der Waals surface area (Å²) in [5.74, 6) is 2.09. The quantitative estimate of drug-likeness (QED) is 0.761. The zero-order valence-electron chi connectivity index (χ0n) is 13.4. The molecule has 1 saturated heterocycles. The molecule has 1 aromatic rings. The van der Waals surface area contributed by atoms with Crippen LogP contribution in [0, 0.1) is 18.2 Å². The lowest BCUT2D eigenvalue weighted by atomic mass is 10.2. The molecule has 0 saturated carbocycles. The molecule has 2 rings (SSSR count). The predicted molar refractivity (Wildman–Crippen MR) is 90.5 cm³/mol. The van der Waals surface area contributed by atoms with Gasteiger partial charge >= 0.3 is 6.03 Å². The second-order valence-electron chi connectivity index (χ2n) is 5.43. The number of amides is 2. The predicted octanol–water partition coefficient (Wildman–Crippen LogP) is 1.76. The zero-order valence-corrected chi connectivity index (χ0v) is 14.2. The van der Waals surface area contributed by atoms with E-state index in [1.54, 1.807) is 12.1 Å². The fourth-order valence-electron chi connectivity index (χ4n) is 2.47. The van der Waals surface area contributed by atoms with Crippen LogP contribution in [-0.2, 0) is 15.5 Å². The van der Waals surface area contributed by atoms with E-state index in [-0.39, 0.29) is 35.9 Å². The van der Waals surface area contributed by atoms with Gasteiger partial charge in [0.15, 0.2) is 0 Å². The van der Waals surface area contributed by atoms with Crippen molar-refractivity contribution in [3.05, 3.63) is 30.1 Å². The molecule has 2 amide bonds. The first-order valence-electron chi connectivity index (χ1n) is 7.82. The van der Waals surface area contributed by atoms with Crippen molar-refractivity contribution in [2.75, 3.05) is 32.0 Å². The lowest BCUT2D eigenvalue weighted by Gasteiger charge is -2.23. The Hall–Kier alpha value is -1.91. The summed E-state index contributed by atoms with van der Waals surface area (Å²) < 4.78 is 31.1. The normalized spacial score (nSPS) is 17.9. The average molecular weight is 352 g/mol. The van der Waals surface area contributed by atoms with Crippen molar-refractivity contribution in [3.63, 3.8) is 0 Å². The van der Waals surface area contributed by atoms with Crippen LogP contribution in [0.2, 0.25) is 0 Å².